The molecule has 0 fully saturated rings. The lowest BCUT2D eigenvalue weighted by atomic mass is 10.1. The van der Waals surface area contributed by atoms with Crippen molar-refractivity contribution in [3.05, 3.63) is 52.3 Å². The van der Waals surface area contributed by atoms with E-state index in [1.807, 2.05) is 50.2 Å². The quantitative estimate of drug-likeness (QED) is 0.891. The van der Waals surface area contributed by atoms with E-state index >= 15 is 0 Å². The van der Waals surface area contributed by atoms with Crippen molar-refractivity contribution in [1.82, 2.24) is 4.57 Å². The third-order valence-corrected chi connectivity index (χ3v) is 3.44. The van der Waals surface area contributed by atoms with Crippen molar-refractivity contribution in [2.24, 2.45) is 5.73 Å². The molecule has 0 aliphatic carbocycles. The molecule has 1 heterocycles. The van der Waals surface area contributed by atoms with Crippen LogP contribution in [0.3, 0.4) is 0 Å². The maximum absolute atomic E-state index is 12.5. The Kier molecular flexibility index (Phi) is 5.39. The van der Waals surface area contributed by atoms with E-state index in [9.17, 15) is 4.79 Å². The lowest BCUT2D eigenvalue weighted by Gasteiger charge is -2.15. The zero-order chi connectivity index (χ0) is 16.1. The van der Waals surface area contributed by atoms with Gasteiger partial charge in [-0.05, 0) is 56.2 Å². The van der Waals surface area contributed by atoms with Crippen molar-refractivity contribution in [2.75, 3.05) is 0 Å². The molecule has 0 bridgehead atoms. The van der Waals surface area contributed by atoms with Crippen LogP contribution < -0.4 is 16.0 Å². The first kappa shape index (κ1) is 16.3. The van der Waals surface area contributed by atoms with Crippen molar-refractivity contribution >= 4 is 0 Å². The van der Waals surface area contributed by atoms with Crippen molar-refractivity contribution in [3.8, 4) is 17.0 Å². The van der Waals surface area contributed by atoms with E-state index < -0.39 is 0 Å². The molecular formula is C18H24N2O2. The lowest BCUT2D eigenvalue weighted by molar-refractivity contribution is 0.242. The second kappa shape index (κ2) is 7.27. The largest absolute Gasteiger partial charge is 0.491 e. The Morgan fingerprint density at radius 2 is 1.82 bits per heavy atom. The smallest absolute Gasteiger partial charge is 0.255 e. The normalized spacial score (nSPS) is 11.0. The van der Waals surface area contributed by atoms with E-state index in [0.29, 0.717) is 12.1 Å². The van der Waals surface area contributed by atoms with E-state index in [-0.39, 0.29) is 18.2 Å². The molecule has 0 radical (unpaired) electrons. The summed E-state index contributed by atoms with van der Waals surface area (Å²) in [5.41, 5.74) is 8.22. The first-order valence-corrected chi connectivity index (χ1v) is 7.76. The second-order valence-electron chi connectivity index (χ2n) is 5.60. The fourth-order valence-electron chi connectivity index (χ4n) is 2.45. The van der Waals surface area contributed by atoms with Crippen LogP contribution in [-0.2, 0) is 13.1 Å². The first-order chi connectivity index (χ1) is 10.6. The molecule has 118 valence electrons. The number of hydrogen-bond donors (Lipinski definition) is 1. The number of aromatic nitrogens is 1. The number of hydrogen-bond acceptors (Lipinski definition) is 3. The average molecular weight is 300 g/mol. The van der Waals surface area contributed by atoms with Gasteiger partial charge in [0.15, 0.2) is 0 Å². The van der Waals surface area contributed by atoms with Gasteiger partial charge in [-0.3, -0.25) is 4.79 Å². The number of benzene rings is 1. The van der Waals surface area contributed by atoms with Gasteiger partial charge in [-0.15, -0.1) is 0 Å². The minimum atomic E-state index is 0.00403. The van der Waals surface area contributed by atoms with Gasteiger partial charge in [0.25, 0.3) is 5.56 Å². The Morgan fingerprint density at radius 3 is 2.36 bits per heavy atom. The first-order valence-electron chi connectivity index (χ1n) is 7.76. The Labute approximate surface area is 131 Å². The van der Waals surface area contributed by atoms with E-state index in [2.05, 4.69) is 6.92 Å². The molecule has 22 heavy (non-hydrogen) atoms. The number of pyridine rings is 1. The standard InChI is InChI=1S/C18H24N2O2/c1-4-11-20-17(10-7-15(12-19)18(20)21)14-5-8-16(9-6-14)22-13(2)3/h5-10,13H,4,11-12,19H2,1-3H3. The molecule has 1 aromatic heterocycles. The monoisotopic (exact) mass is 300 g/mol. The Hall–Kier alpha value is -2.07. The van der Waals surface area contributed by atoms with Gasteiger partial charge in [0.2, 0.25) is 0 Å². The van der Waals surface area contributed by atoms with Crippen LogP contribution in [0.1, 0.15) is 32.8 Å². The minimum absolute atomic E-state index is 0.00403. The molecule has 0 saturated heterocycles. The summed E-state index contributed by atoms with van der Waals surface area (Å²) in [4.78, 5) is 12.5. The summed E-state index contributed by atoms with van der Waals surface area (Å²) < 4.78 is 7.46. The Bertz CT molecular complexity index is 672. The van der Waals surface area contributed by atoms with E-state index in [4.69, 9.17) is 10.5 Å². The number of rotatable bonds is 6. The summed E-state index contributed by atoms with van der Waals surface area (Å²) in [5.74, 6) is 0.835. The molecule has 2 N–H and O–H groups in total. The fourth-order valence-corrected chi connectivity index (χ4v) is 2.45. The zero-order valence-corrected chi connectivity index (χ0v) is 13.5. The van der Waals surface area contributed by atoms with Gasteiger partial charge in [0.05, 0.1) is 11.8 Å². The Morgan fingerprint density at radius 1 is 1.14 bits per heavy atom. The van der Waals surface area contributed by atoms with Gasteiger partial charge < -0.3 is 15.0 Å². The maximum atomic E-state index is 12.5. The van der Waals surface area contributed by atoms with Crippen molar-refractivity contribution < 1.29 is 4.74 Å². The van der Waals surface area contributed by atoms with Crippen molar-refractivity contribution in [2.45, 2.75) is 46.4 Å². The predicted molar refractivity (Wildman–Crippen MR) is 90.1 cm³/mol. The van der Waals surface area contributed by atoms with Gasteiger partial charge in [-0.2, -0.15) is 0 Å². The highest BCUT2D eigenvalue weighted by Crippen LogP contribution is 2.22. The molecule has 0 spiro atoms. The highest BCUT2D eigenvalue weighted by atomic mass is 16.5. The summed E-state index contributed by atoms with van der Waals surface area (Å²) in [5, 5.41) is 0. The van der Waals surface area contributed by atoms with Crippen LogP contribution in [0, 0.1) is 0 Å². The summed E-state index contributed by atoms with van der Waals surface area (Å²) >= 11 is 0. The average Bonchev–Trinajstić information content (AvgIpc) is 2.50. The summed E-state index contributed by atoms with van der Waals surface area (Å²) in [6.45, 7) is 7.01. The van der Waals surface area contributed by atoms with E-state index in [1.54, 1.807) is 4.57 Å². The fraction of sp³-hybridized carbons (Fsp3) is 0.389. The SMILES string of the molecule is CCCn1c(-c2ccc(OC(C)C)cc2)ccc(CN)c1=O. The number of nitrogens with two attached hydrogens (primary N) is 1. The molecule has 0 atom stereocenters. The van der Waals surface area contributed by atoms with Crippen LogP contribution in [0.5, 0.6) is 5.75 Å². The molecule has 4 nitrogen and oxygen atoms in total. The molecule has 0 amide bonds. The third-order valence-electron chi connectivity index (χ3n) is 3.44. The van der Waals surface area contributed by atoms with E-state index in [1.165, 1.54) is 0 Å². The van der Waals surface area contributed by atoms with Gasteiger partial charge in [-0.1, -0.05) is 13.0 Å². The van der Waals surface area contributed by atoms with E-state index in [0.717, 1.165) is 23.4 Å². The van der Waals surface area contributed by atoms with Gasteiger partial charge in [0, 0.05) is 18.7 Å². The summed E-state index contributed by atoms with van der Waals surface area (Å²) in [6, 6.07) is 11.6. The van der Waals surface area contributed by atoms with Crippen LogP contribution in [0.15, 0.2) is 41.2 Å². The van der Waals surface area contributed by atoms with Crippen LogP contribution in [0.25, 0.3) is 11.3 Å². The van der Waals surface area contributed by atoms with Crippen LogP contribution >= 0.6 is 0 Å². The van der Waals surface area contributed by atoms with Gasteiger partial charge in [0.1, 0.15) is 5.75 Å². The highest BCUT2D eigenvalue weighted by Gasteiger charge is 2.09. The van der Waals surface area contributed by atoms with Crippen molar-refractivity contribution in [1.29, 1.82) is 0 Å². The molecule has 2 rings (SSSR count). The third kappa shape index (κ3) is 3.57. The minimum Gasteiger partial charge on any atom is -0.491 e. The lowest BCUT2D eigenvalue weighted by Crippen LogP contribution is -2.26. The Balaban J connectivity index is 2.43. The molecule has 4 heteroatoms. The van der Waals surface area contributed by atoms with Gasteiger partial charge >= 0.3 is 0 Å². The summed E-state index contributed by atoms with van der Waals surface area (Å²) in [6.07, 6.45) is 1.04. The molecule has 0 aliphatic heterocycles. The molecule has 0 saturated carbocycles. The molecule has 2 aromatic rings. The maximum Gasteiger partial charge on any atom is 0.255 e. The molecular weight excluding hydrogens is 276 g/mol. The van der Waals surface area contributed by atoms with Crippen LogP contribution in [-0.4, -0.2) is 10.7 Å². The molecule has 0 unspecified atom stereocenters. The molecule has 1 aromatic carbocycles. The summed E-state index contributed by atoms with van der Waals surface area (Å²) in [7, 11) is 0. The highest BCUT2D eigenvalue weighted by molar-refractivity contribution is 5.61. The molecule has 0 aliphatic rings. The number of ether oxygens (including phenoxy) is 1. The van der Waals surface area contributed by atoms with Crippen LogP contribution in [0.4, 0.5) is 0 Å². The topological polar surface area (TPSA) is 57.2 Å². The second-order valence-corrected chi connectivity index (χ2v) is 5.60. The van der Waals surface area contributed by atoms with Gasteiger partial charge in [-0.25, -0.2) is 0 Å². The van der Waals surface area contributed by atoms with Crippen LogP contribution in [0.2, 0.25) is 0 Å². The van der Waals surface area contributed by atoms with Crippen molar-refractivity contribution in [3.63, 3.8) is 0 Å². The number of nitrogens with zero attached hydrogens (tertiary/aromatic N) is 1. The predicted octanol–water partition coefficient (Wildman–Crippen LogP) is 3.17. The zero-order valence-electron chi connectivity index (χ0n) is 13.5.